The van der Waals surface area contributed by atoms with Gasteiger partial charge < -0.3 is 10.2 Å². The van der Waals surface area contributed by atoms with Gasteiger partial charge in [0.25, 0.3) is 0 Å². The van der Waals surface area contributed by atoms with Gasteiger partial charge in [-0.15, -0.1) is 0 Å². The summed E-state index contributed by atoms with van der Waals surface area (Å²) in [6.07, 6.45) is 4.81. The van der Waals surface area contributed by atoms with E-state index in [1.165, 1.54) is 6.08 Å². The number of carbonyl (C=O) groups excluding carboxylic acids is 1. The van der Waals surface area contributed by atoms with Crippen molar-refractivity contribution in [2.75, 3.05) is 19.0 Å². The summed E-state index contributed by atoms with van der Waals surface area (Å²) in [5.41, 5.74) is 1.55. The number of carbonyl (C=O) groups is 1. The molecule has 0 radical (unpaired) electrons. The molecule has 6 heteroatoms. The molecule has 0 unspecified atom stereocenters. The fourth-order valence-electron chi connectivity index (χ4n) is 1.71. The number of aromatic nitrogens is 2. The van der Waals surface area contributed by atoms with Crippen LogP contribution < -0.4 is 10.2 Å². The maximum Gasteiger partial charge on any atom is 0.244 e. The van der Waals surface area contributed by atoms with Crippen LogP contribution in [-0.2, 0) is 11.3 Å². The number of hydrogen-bond acceptors (Lipinski definition) is 4. The second kappa shape index (κ2) is 7.56. The minimum Gasteiger partial charge on any atom is -0.347 e. The molecular weight excluding hydrogens is 300 g/mol. The average molecular weight is 317 g/mol. The van der Waals surface area contributed by atoms with Crippen molar-refractivity contribution in [2.45, 2.75) is 6.54 Å². The molecule has 2 aromatic rings. The van der Waals surface area contributed by atoms with Gasteiger partial charge in [0.1, 0.15) is 0 Å². The summed E-state index contributed by atoms with van der Waals surface area (Å²) in [4.78, 5) is 22.1. The van der Waals surface area contributed by atoms with Crippen molar-refractivity contribution in [1.82, 2.24) is 15.3 Å². The lowest BCUT2D eigenvalue weighted by molar-refractivity contribution is -0.116. The van der Waals surface area contributed by atoms with Gasteiger partial charge in [-0.3, -0.25) is 4.79 Å². The number of amides is 1. The summed E-state index contributed by atoms with van der Waals surface area (Å²) >= 11 is 6.02. The molecule has 1 amide bonds. The Bertz CT molecular complexity index is 685. The predicted octanol–water partition coefficient (Wildman–Crippen LogP) is 2.53. The Labute approximate surface area is 134 Å². The van der Waals surface area contributed by atoms with Crippen LogP contribution in [0, 0.1) is 0 Å². The number of nitrogens with zero attached hydrogens (tertiary/aromatic N) is 3. The fourth-order valence-corrected chi connectivity index (χ4v) is 1.91. The number of nitrogens with one attached hydrogen (secondary N) is 1. The van der Waals surface area contributed by atoms with Gasteiger partial charge in [-0.25, -0.2) is 9.97 Å². The van der Waals surface area contributed by atoms with E-state index in [4.69, 9.17) is 11.6 Å². The van der Waals surface area contributed by atoms with Crippen LogP contribution in [0.15, 0.2) is 42.6 Å². The molecule has 1 aromatic carbocycles. The summed E-state index contributed by atoms with van der Waals surface area (Å²) in [5, 5.41) is 3.39. The van der Waals surface area contributed by atoms with Gasteiger partial charge in [0.15, 0.2) is 0 Å². The van der Waals surface area contributed by atoms with Gasteiger partial charge in [-0.1, -0.05) is 29.8 Å². The van der Waals surface area contributed by atoms with Gasteiger partial charge >= 0.3 is 0 Å². The number of rotatable bonds is 5. The third kappa shape index (κ3) is 4.56. The molecule has 0 aliphatic heterocycles. The molecule has 0 aliphatic rings. The first-order valence-corrected chi connectivity index (χ1v) is 7.14. The SMILES string of the molecule is CN(C)c1nccc(CNC(=O)/C=C/c2ccccc2Cl)n1. The van der Waals surface area contributed by atoms with Crippen LogP contribution in [0.2, 0.25) is 5.02 Å². The van der Waals surface area contributed by atoms with E-state index >= 15 is 0 Å². The molecule has 1 aromatic heterocycles. The van der Waals surface area contributed by atoms with Crippen LogP contribution in [-0.4, -0.2) is 30.0 Å². The van der Waals surface area contributed by atoms with Gasteiger partial charge in [0.05, 0.1) is 12.2 Å². The minimum atomic E-state index is -0.204. The zero-order valence-electron chi connectivity index (χ0n) is 12.5. The maximum absolute atomic E-state index is 11.8. The van der Waals surface area contributed by atoms with E-state index in [-0.39, 0.29) is 5.91 Å². The first kappa shape index (κ1) is 16.0. The van der Waals surface area contributed by atoms with E-state index in [1.807, 2.05) is 37.2 Å². The van der Waals surface area contributed by atoms with Crippen LogP contribution >= 0.6 is 11.6 Å². The Morgan fingerprint density at radius 3 is 2.82 bits per heavy atom. The zero-order valence-corrected chi connectivity index (χ0v) is 13.2. The lowest BCUT2D eigenvalue weighted by atomic mass is 10.2. The van der Waals surface area contributed by atoms with Gasteiger partial charge in [-0.05, 0) is 23.8 Å². The molecule has 0 bridgehead atoms. The highest BCUT2D eigenvalue weighted by molar-refractivity contribution is 6.32. The quantitative estimate of drug-likeness (QED) is 0.861. The topological polar surface area (TPSA) is 58.1 Å². The Hall–Kier alpha value is -2.40. The molecule has 0 saturated carbocycles. The molecule has 0 atom stereocenters. The highest BCUT2D eigenvalue weighted by atomic mass is 35.5. The van der Waals surface area contributed by atoms with E-state index in [0.29, 0.717) is 17.5 Å². The van der Waals surface area contributed by atoms with Crippen LogP contribution in [0.25, 0.3) is 6.08 Å². The molecule has 22 heavy (non-hydrogen) atoms. The molecule has 0 spiro atoms. The van der Waals surface area contributed by atoms with Crippen molar-refractivity contribution in [2.24, 2.45) is 0 Å². The molecule has 1 N–H and O–H groups in total. The van der Waals surface area contributed by atoms with E-state index in [0.717, 1.165) is 11.3 Å². The largest absolute Gasteiger partial charge is 0.347 e. The summed E-state index contributed by atoms with van der Waals surface area (Å²) in [6.45, 7) is 0.342. The number of anilines is 1. The molecular formula is C16H17ClN4O. The van der Waals surface area contributed by atoms with Crippen molar-refractivity contribution in [1.29, 1.82) is 0 Å². The zero-order chi connectivity index (χ0) is 15.9. The number of benzene rings is 1. The highest BCUT2D eigenvalue weighted by Gasteiger charge is 2.02. The molecule has 0 fully saturated rings. The fraction of sp³-hybridized carbons (Fsp3) is 0.188. The molecule has 1 heterocycles. The van der Waals surface area contributed by atoms with Gasteiger partial charge in [0, 0.05) is 31.4 Å². The van der Waals surface area contributed by atoms with Gasteiger partial charge in [0.2, 0.25) is 11.9 Å². The van der Waals surface area contributed by atoms with Crippen molar-refractivity contribution < 1.29 is 4.79 Å². The van der Waals surface area contributed by atoms with Gasteiger partial charge in [-0.2, -0.15) is 0 Å². The summed E-state index contributed by atoms with van der Waals surface area (Å²) in [6, 6.07) is 9.11. The van der Waals surface area contributed by atoms with Crippen molar-refractivity contribution in [3.05, 3.63) is 58.9 Å². The van der Waals surface area contributed by atoms with Crippen molar-refractivity contribution in [3.8, 4) is 0 Å². The molecule has 0 saturated heterocycles. The van der Waals surface area contributed by atoms with Crippen LogP contribution in [0.5, 0.6) is 0 Å². The Kier molecular flexibility index (Phi) is 5.49. The first-order chi connectivity index (χ1) is 10.6. The minimum absolute atomic E-state index is 0.204. The van der Waals surface area contributed by atoms with Crippen LogP contribution in [0.1, 0.15) is 11.3 Å². The number of halogens is 1. The highest BCUT2D eigenvalue weighted by Crippen LogP contribution is 2.16. The lowest BCUT2D eigenvalue weighted by Crippen LogP contribution is -2.22. The van der Waals surface area contributed by atoms with E-state index in [1.54, 1.807) is 24.4 Å². The second-order valence-corrected chi connectivity index (χ2v) is 5.22. The smallest absolute Gasteiger partial charge is 0.244 e. The van der Waals surface area contributed by atoms with Crippen LogP contribution in [0.4, 0.5) is 5.95 Å². The molecule has 2 rings (SSSR count). The van der Waals surface area contributed by atoms with E-state index < -0.39 is 0 Å². The second-order valence-electron chi connectivity index (χ2n) is 4.82. The summed E-state index contributed by atoms with van der Waals surface area (Å²) in [7, 11) is 3.73. The average Bonchev–Trinajstić information content (AvgIpc) is 2.52. The van der Waals surface area contributed by atoms with E-state index in [2.05, 4.69) is 15.3 Å². The molecule has 5 nitrogen and oxygen atoms in total. The third-order valence-corrected chi connectivity index (χ3v) is 3.21. The first-order valence-electron chi connectivity index (χ1n) is 6.76. The van der Waals surface area contributed by atoms with Crippen molar-refractivity contribution >= 4 is 29.5 Å². The molecule has 0 aliphatic carbocycles. The van der Waals surface area contributed by atoms with Crippen LogP contribution in [0.3, 0.4) is 0 Å². The monoisotopic (exact) mass is 316 g/mol. The normalized spacial score (nSPS) is 10.7. The summed E-state index contributed by atoms with van der Waals surface area (Å²) < 4.78 is 0. The van der Waals surface area contributed by atoms with Crippen molar-refractivity contribution in [3.63, 3.8) is 0 Å². The lowest BCUT2D eigenvalue weighted by Gasteiger charge is -2.10. The predicted molar refractivity (Wildman–Crippen MR) is 88.7 cm³/mol. The Morgan fingerprint density at radius 2 is 2.09 bits per heavy atom. The third-order valence-electron chi connectivity index (χ3n) is 2.86. The standard InChI is InChI=1S/C16H17ClN4O/c1-21(2)16-18-10-9-13(20-16)11-19-15(22)8-7-12-5-3-4-6-14(12)17/h3-10H,11H2,1-2H3,(H,19,22)/b8-7+. The Morgan fingerprint density at radius 1 is 1.32 bits per heavy atom. The molecule has 114 valence electrons. The number of hydrogen-bond donors (Lipinski definition) is 1. The van der Waals surface area contributed by atoms with E-state index in [9.17, 15) is 4.79 Å². The summed E-state index contributed by atoms with van der Waals surface area (Å²) in [5.74, 6) is 0.406. The Balaban J connectivity index is 1.93. The maximum atomic E-state index is 11.8.